The van der Waals surface area contributed by atoms with E-state index in [9.17, 15) is 4.79 Å². The summed E-state index contributed by atoms with van der Waals surface area (Å²) < 4.78 is 7.64. The van der Waals surface area contributed by atoms with Crippen LogP contribution in [-0.2, 0) is 13.7 Å². The predicted octanol–water partition coefficient (Wildman–Crippen LogP) is 3.52. The minimum atomic E-state index is -0.205. The van der Waals surface area contributed by atoms with Crippen molar-refractivity contribution in [1.82, 2.24) is 14.8 Å². The van der Waals surface area contributed by atoms with Crippen molar-refractivity contribution in [2.45, 2.75) is 25.4 Å². The lowest BCUT2D eigenvalue weighted by Crippen LogP contribution is -2.14. The molecule has 0 radical (unpaired) electrons. The number of amides is 1. The molecule has 132 valence electrons. The fourth-order valence-corrected chi connectivity index (χ4v) is 2.72. The molecule has 0 atom stereocenters. The van der Waals surface area contributed by atoms with E-state index in [1.807, 2.05) is 49.5 Å². The second-order valence-electron chi connectivity index (χ2n) is 6.39. The maximum Gasteiger partial charge on any atom is 0.259 e. The zero-order valence-electron chi connectivity index (χ0n) is 14.6. The highest BCUT2D eigenvalue weighted by Crippen LogP contribution is 2.38. The molecule has 1 aliphatic rings. The van der Waals surface area contributed by atoms with Crippen LogP contribution in [0.25, 0.3) is 0 Å². The number of para-hydroxylation sites is 2. The lowest BCUT2D eigenvalue weighted by molar-refractivity contribution is 0.102. The van der Waals surface area contributed by atoms with Gasteiger partial charge in [-0.1, -0.05) is 30.3 Å². The zero-order chi connectivity index (χ0) is 17.9. The Bertz CT molecular complexity index is 917. The van der Waals surface area contributed by atoms with Crippen molar-refractivity contribution in [3.8, 4) is 5.75 Å². The zero-order valence-corrected chi connectivity index (χ0v) is 14.6. The van der Waals surface area contributed by atoms with Crippen LogP contribution in [-0.4, -0.2) is 20.7 Å². The summed E-state index contributed by atoms with van der Waals surface area (Å²) in [7, 11) is 1.87. The van der Waals surface area contributed by atoms with Gasteiger partial charge in [0.25, 0.3) is 5.91 Å². The van der Waals surface area contributed by atoms with Gasteiger partial charge in [-0.3, -0.25) is 4.79 Å². The molecule has 1 aliphatic carbocycles. The van der Waals surface area contributed by atoms with Crippen molar-refractivity contribution < 1.29 is 9.53 Å². The van der Waals surface area contributed by atoms with Gasteiger partial charge >= 0.3 is 0 Å². The van der Waals surface area contributed by atoms with E-state index in [1.165, 1.54) is 0 Å². The van der Waals surface area contributed by atoms with Gasteiger partial charge in [-0.25, -0.2) is 9.67 Å². The number of carbonyl (C=O) groups excluding carboxylic acids is 1. The van der Waals surface area contributed by atoms with Gasteiger partial charge in [0.2, 0.25) is 0 Å². The maximum atomic E-state index is 12.6. The highest BCUT2D eigenvalue weighted by molar-refractivity contribution is 6.06. The lowest BCUT2D eigenvalue weighted by atomic mass is 10.2. The van der Waals surface area contributed by atoms with Gasteiger partial charge in [-0.2, -0.15) is 5.10 Å². The third-order valence-electron chi connectivity index (χ3n) is 4.33. The molecule has 6 nitrogen and oxygen atoms in total. The Morgan fingerprint density at radius 3 is 2.65 bits per heavy atom. The molecule has 3 aromatic rings. The topological polar surface area (TPSA) is 69.0 Å². The van der Waals surface area contributed by atoms with Crippen molar-refractivity contribution in [1.29, 1.82) is 0 Å². The van der Waals surface area contributed by atoms with Crippen molar-refractivity contribution in [2.75, 3.05) is 5.32 Å². The molecule has 6 heteroatoms. The Morgan fingerprint density at radius 1 is 1.15 bits per heavy atom. The molecule has 0 aliphatic heterocycles. The van der Waals surface area contributed by atoms with Crippen LogP contribution in [0.2, 0.25) is 0 Å². The molecule has 1 N–H and O–H groups in total. The number of hydrogen-bond acceptors (Lipinski definition) is 4. The van der Waals surface area contributed by atoms with Crippen LogP contribution < -0.4 is 10.1 Å². The van der Waals surface area contributed by atoms with Crippen LogP contribution in [0.15, 0.2) is 54.6 Å². The van der Waals surface area contributed by atoms with Crippen LogP contribution in [0.3, 0.4) is 0 Å². The van der Waals surface area contributed by atoms with E-state index >= 15 is 0 Å². The summed E-state index contributed by atoms with van der Waals surface area (Å²) >= 11 is 0. The van der Waals surface area contributed by atoms with Crippen molar-refractivity contribution in [2.24, 2.45) is 7.05 Å². The SMILES string of the molecule is Cn1nc(C2CC2)nc1COc1ccccc1C(=O)Nc1ccccc1. The minimum Gasteiger partial charge on any atom is -0.485 e. The van der Waals surface area contributed by atoms with Gasteiger partial charge in [0.15, 0.2) is 11.6 Å². The molecule has 2 aromatic carbocycles. The molecule has 0 bridgehead atoms. The number of nitrogens with zero attached hydrogens (tertiary/aromatic N) is 3. The summed E-state index contributed by atoms with van der Waals surface area (Å²) in [6, 6.07) is 16.6. The summed E-state index contributed by atoms with van der Waals surface area (Å²) in [5, 5.41) is 7.33. The summed E-state index contributed by atoms with van der Waals surface area (Å²) in [5.74, 6) is 2.46. The number of ether oxygens (including phenoxy) is 1. The first-order valence-corrected chi connectivity index (χ1v) is 8.69. The number of carbonyl (C=O) groups is 1. The van der Waals surface area contributed by atoms with E-state index < -0.39 is 0 Å². The molecule has 0 saturated heterocycles. The molecule has 1 fully saturated rings. The van der Waals surface area contributed by atoms with E-state index in [-0.39, 0.29) is 12.5 Å². The Morgan fingerprint density at radius 2 is 1.88 bits per heavy atom. The first-order chi connectivity index (χ1) is 12.7. The molecule has 0 spiro atoms. The number of aryl methyl sites for hydroxylation is 1. The molecule has 1 amide bonds. The maximum absolute atomic E-state index is 12.6. The third kappa shape index (κ3) is 3.59. The van der Waals surface area contributed by atoms with Crippen molar-refractivity contribution in [3.63, 3.8) is 0 Å². The fraction of sp³-hybridized carbons (Fsp3) is 0.250. The predicted molar refractivity (Wildman–Crippen MR) is 98.1 cm³/mol. The second kappa shape index (κ2) is 7.00. The molecule has 1 heterocycles. The molecular formula is C20H20N4O2. The average Bonchev–Trinajstić information content (AvgIpc) is 3.44. The quantitative estimate of drug-likeness (QED) is 0.740. The average molecular weight is 348 g/mol. The van der Waals surface area contributed by atoms with Crippen LogP contribution in [0.5, 0.6) is 5.75 Å². The highest BCUT2D eigenvalue weighted by Gasteiger charge is 2.28. The summed E-state index contributed by atoms with van der Waals surface area (Å²) in [4.78, 5) is 17.1. The largest absolute Gasteiger partial charge is 0.485 e. The van der Waals surface area contributed by atoms with Crippen LogP contribution in [0, 0.1) is 0 Å². The van der Waals surface area contributed by atoms with Gasteiger partial charge < -0.3 is 10.1 Å². The standard InChI is InChI=1S/C20H20N4O2/c1-24-18(22-19(23-24)14-11-12-14)13-26-17-10-6-5-9-16(17)20(25)21-15-7-3-2-4-8-15/h2-10,14H,11-13H2,1H3,(H,21,25). The van der Waals surface area contributed by atoms with Gasteiger partial charge in [0.05, 0.1) is 5.56 Å². The van der Waals surface area contributed by atoms with Crippen LogP contribution in [0.4, 0.5) is 5.69 Å². The van der Waals surface area contributed by atoms with Crippen molar-refractivity contribution in [3.05, 3.63) is 71.8 Å². The molecule has 26 heavy (non-hydrogen) atoms. The second-order valence-corrected chi connectivity index (χ2v) is 6.39. The van der Waals surface area contributed by atoms with E-state index in [2.05, 4.69) is 15.4 Å². The van der Waals surface area contributed by atoms with Gasteiger partial charge in [0, 0.05) is 18.7 Å². The number of rotatable bonds is 6. The highest BCUT2D eigenvalue weighted by atomic mass is 16.5. The number of benzene rings is 2. The summed E-state index contributed by atoms with van der Waals surface area (Å²) in [6.45, 7) is 0.270. The summed E-state index contributed by atoms with van der Waals surface area (Å²) in [6.07, 6.45) is 2.32. The third-order valence-corrected chi connectivity index (χ3v) is 4.33. The smallest absolute Gasteiger partial charge is 0.259 e. The van der Waals surface area contributed by atoms with Gasteiger partial charge in [0.1, 0.15) is 12.4 Å². The molecule has 1 saturated carbocycles. The molecule has 0 unspecified atom stereocenters. The normalized spacial score (nSPS) is 13.4. The first-order valence-electron chi connectivity index (χ1n) is 8.69. The number of aromatic nitrogens is 3. The summed E-state index contributed by atoms with van der Waals surface area (Å²) in [5.41, 5.74) is 1.23. The Hall–Kier alpha value is -3.15. The lowest BCUT2D eigenvalue weighted by Gasteiger charge is -2.11. The molecule has 1 aromatic heterocycles. The molecule has 4 rings (SSSR count). The van der Waals surface area contributed by atoms with Gasteiger partial charge in [-0.15, -0.1) is 0 Å². The van der Waals surface area contributed by atoms with E-state index in [0.717, 1.165) is 30.2 Å². The fourth-order valence-electron chi connectivity index (χ4n) is 2.72. The Balaban J connectivity index is 1.48. The number of nitrogens with one attached hydrogen (secondary N) is 1. The Labute approximate surface area is 151 Å². The number of anilines is 1. The minimum absolute atomic E-state index is 0.205. The van der Waals surface area contributed by atoms with E-state index in [0.29, 0.717) is 17.2 Å². The number of hydrogen-bond donors (Lipinski definition) is 1. The van der Waals surface area contributed by atoms with Crippen molar-refractivity contribution >= 4 is 11.6 Å². The first kappa shape index (κ1) is 16.3. The molecular weight excluding hydrogens is 328 g/mol. The monoisotopic (exact) mass is 348 g/mol. The van der Waals surface area contributed by atoms with E-state index in [1.54, 1.807) is 16.8 Å². The van der Waals surface area contributed by atoms with Crippen LogP contribution in [0.1, 0.15) is 40.8 Å². The van der Waals surface area contributed by atoms with Gasteiger partial charge in [-0.05, 0) is 37.1 Å². The van der Waals surface area contributed by atoms with Crippen LogP contribution >= 0.6 is 0 Å². The Kier molecular flexibility index (Phi) is 4.39. The van der Waals surface area contributed by atoms with E-state index in [4.69, 9.17) is 4.74 Å².